The summed E-state index contributed by atoms with van der Waals surface area (Å²) in [6, 6.07) is 10.6. The fourth-order valence-electron chi connectivity index (χ4n) is 2.61. The highest BCUT2D eigenvalue weighted by molar-refractivity contribution is 5.94. The predicted molar refractivity (Wildman–Crippen MR) is 84.3 cm³/mol. The summed E-state index contributed by atoms with van der Waals surface area (Å²) < 4.78 is 39.1. The van der Waals surface area contributed by atoms with E-state index in [0.717, 1.165) is 12.1 Å². The van der Waals surface area contributed by atoms with E-state index < -0.39 is 29.2 Å². The van der Waals surface area contributed by atoms with E-state index in [2.05, 4.69) is 0 Å². The highest BCUT2D eigenvalue weighted by Gasteiger charge is 2.27. The predicted octanol–water partition coefficient (Wildman–Crippen LogP) is 3.27. The molecule has 2 aromatic rings. The van der Waals surface area contributed by atoms with Gasteiger partial charge < -0.3 is 14.4 Å². The molecule has 6 heteroatoms. The van der Waals surface area contributed by atoms with Gasteiger partial charge in [-0.3, -0.25) is 4.79 Å². The Balaban J connectivity index is 1.75. The highest BCUT2D eigenvalue weighted by atomic mass is 19.1. The second kappa shape index (κ2) is 6.86. The number of benzene rings is 2. The Kier molecular flexibility index (Phi) is 4.64. The van der Waals surface area contributed by atoms with Gasteiger partial charge in [-0.15, -0.1) is 0 Å². The Labute approximate surface area is 138 Å². The quantitative estimate of drug-likeness (QED) is 0.862. The number of nitrogens with zero attached hydrogens (tertiary/aromatic N) is 1. The molecule has 0 aromatic heterocycles. The molecule has 1 aliphatic heterocycles. The lowest BCUT2D eigenvalue weighted by molar-refractivity contribution is 0.0469. The summed E-state index contributed by atoms with van der Waals surface area (Å²) in [6.45, 7) is 2.49. The van der Waals surface area contributed by atoms with Crippen LogP contribution in [0.2, 0.25) is 0 Å². The maximum absolute atomic E-state index is 13.8. The molecule has 0 aliphatic carbocycles. The van der Waals surface area contributed by atoms with Crippen molar-refractivity contribution in [3.63, 3.8) is 0 Å². The number of fused-ring (bicyclic) bond motifs is 1. The SMILES string of the molecule is CCN(C[C@H]1COc2ccccc2O1)C(=O)c1c(F)cccc1F. The summed E-state index contributed by atoms with van der Waals surface area (Å²) in [5.41, 5.74) is -0.545. The Morgan fingerprint density at radius 2 is 1.79 bits per heavy atom. The van der Waals surface area contributed by atoms with Gasteiger partial charge in [-0.25, -0.2) is 8.78 Å². The first-order valence-electron chi connectivity index (χ1n) is 7.72. The van der Waals surface area contributed by atoms with Crippen LogP contribution in [0.1, 0.15) is 17.3 Å². The van der Waals surface area contributed by atoms with Crippen molar-refractivity contribution in [2.24, 2.45) is 0 Å². The molecular weight excluding hydrogens is 316 g/mol. The first-order valence-corrected chi connectivity index (χ1v) is 7.72. The summed E-state index contributed by atoms with van der Waals surface area (Å²) in [6.07, 6.45) is -0.404. The first kappa shape index (κ1) is 16.2. The van der Waals surface area contributed by atoms with E-state index in [9.17, 15) is 13.6 Å². The molecule has 1 amide bonds. The molecule has 24 heavy (non-hydrogen) atoms. The summed E-state index contributed by atoms with van der Waals surface area (Å²) in [7, 11) is 0. The minimum Gasteiger partial charge on any atom is -0.486 e. The van der Waals surface area contributed by atoms with Crippen LogP contribution in [0.25, 0.3) is 0 Å². The van der Waals surface area contributed by atoms with Gasteiger partial charge in [0.1, 0.15) is 23.8 Å². The van der Waals surface area contributed by atoms with Crippen LogP contribution in [0.3, 0.4) is 0 Å². The van der Waals surface area contributed by atoms with Crippen molar-refractivity contribution in [1.29, 1.82) is 0 Å². The molecule has 1 atom stereocenters. The number of hydrogen-bond acceptors (Lipinski definition) is 3. The zero-order valence-corrected chi connectivity index (χ0v) is 13.2. The highest BCUT2D eigenvalue weighted by Crippen LogP contribution is 2.31. The Morgan fingerprint density at radius 1 is 1.12 bits per heavy atom. The third-order valence-electron chi connectivity index (χ3n) is 3.84. The average Bonchev–Trinajstić information content (AvgIpc) is 2.59. The van der Waals surface area contributed by atoms with Crippen molar-refractivity contribution in [3.05, 3.63) is 59.7 Å². The molecule has 4 nitrogen and oxygen atoms in total. The number of hydrogen-bond donors (Lipinski definition) is 0. The van der Waals surface area contributed by atoms with Crippen molar-refractivity contribution < 1.29 is 23.0 Å². The van der Waals surface area contributed by atoms with E-state index in [1.807, 2.05) is 12.1 Å². The zero-order valence-electron chi connectivity index (χ0n) is 13.2. The van der Waals surface area contributed by atoms with E-state index >= 15 is 0 Å². The molecule has 3 rings (SSSR count). The third-order valence-corrected chi connectivity index (χ3v) is 3.84. The van der Waals surface area contributed by atoms with Crippen LogP contribution in [-0.2, 0) is 0 Å². The van der Waals surface area contributed by atoms with E-state index in [1.165, 1.54) is 11.0 Å². The normalized spacial score (nSPS) is 15.9. The van der Waals surface area contributed by atoms with Crippen molar-refractivity contribution >= 4 is 5.91 Å². The van der Waals surface area contributed by atoms with Gasteiger partial charge in [0.05, 0.1) is 6.54 Å². The summed E-state index contributed by atoms with van der Waals surface area (Å²) in [5.74, 6) is -1.21. The molecule has 0 fully saturated rings. The first-order chi connectivity index (χ1) is 11.6. The van der Waals surface area contributed by atoms with Crippen LogP contribution in [0.5, 0.6) is 11.5 Å². The summed E-state index contributed by atoms with van der Waals surface area (Å²) in [4.78, 5) is 13.8. The van der Waals surface area contributed by atoms with E-state index in [1.54, 1.807) is 19.1 Å². The summed E-state index contributed by atoms with van der Waals surface area (Å²) in [5, 5.41) is 0. The van der Waals surface area contributed by atoms with Gasteiger partial charge in [0, 0.05) is 6.54 Å². The van der Waals surface area contributed by atoms with E-state index in [0.29, 0.717) is 18.0 Å². The van der Waals surface area contributed by atoms with Crippen molar-refractivity contribution in [1.82, 2.24) is 4.90 Å². The van der Waals surface area contributed by atoms with Crippen LogP contribution >= 0.6 is 0 Å². The number of carbonyl (C=O) groups excluding carboxylic acids is 1. The molecule has 0 unspecified atom stereocenters. The Hall–Kier alpha value is -2.63. The van der Waals surface area contributed by atoms with Gasteiger partial charge in [-0.1, -0.05) is 18.2 Å². The van der Waals surface area contributed by atoms with Crippen molar-refractivity contribution in [2.45, 2.75) is 13.0 Å². The molecule has 0 saturated carbocycles. The average molecular weight is 333 g/mol. The van der Waals surface area contributed by atoms with Crippen LogP contribution in [0, 0.1) is 11.6 Å². The lowest BCUT2D eigenvalue weighted by atomic mass is 10.1. The third kappa shape index (κ3) is 3.18. The number of halogens is 2. The molecule has 0 radical (unpaired) electrons. The van der Waals surface area contributed by atoms with Crippen LogP contribution in [0.15, 0.2) is 42.5 Å². The van der Waals surface area contributed by atoms with Crippen LogP contribution < -0.4 is 9.47 Å². The molecule has 1 heterocycles. The molecule has 2 aromatic carbocycles. The van der Waals surface area contributed by atoms with Gasteiger partial charge in [-0.2, -0.15) is 0 Å². The van der Waals surface area contributed by atoms with Crippen LogP contribution in [0.4, 0.5) is 8.78 Å². The van der Waals surface area contributed by atoms with E-state index in [4.69, 9.17) is 9.47 Å². The molecule has 126 valence electrons. The number of para-hydroxylation sites is 2. The maximum Gasteiger partial charge on any atom is 0.259 e. The Morgan fingerprint density at radius 3 is 2.46 bits per heavy atom. The van der Waals surface area contributed by atoms with Crippen molar-refractivity contribution in [3.8, 4) is 11.5 Å². The number of ether oxygens (including phenoxy) is 2. The smallest absolute Gasteiger partial charge is 0.259 e. The summed E-state index contributed by atoms with van der Waals surface area (Å²) >= 11 is 0. The molecular formula is C18H17F2NO3. The van der Waals surface area contributed by atoms with E-state index in [-0.39, 0.29) is 13.2 Å². The zero-order chi connectivity index (χ0) is 17.1. The second-order valence-electron chi connectivity index (χ2n) is 5.44. The maximum atomic E-state index is 13.8. The molecule has 0 spiro atoms. The van der Waals surface area contributed by atoms with Gasteiger partial charge in [0.15, 0.2) is 17.6 Å². The minimum absolute atomic E-state index is 0.178. The van der Waals surface area contributed by atoms with Gasteiger partial charge in [0.25, 0.3) is 5.91 Å². The van der Waals surface area contributed by atoms with Crippen LogP contribution in [-0.4, -0.2) is 36.6 Å². The standard InChI is InChI=1S/C18H17F2NO3/c1-2-21(18(22)17-13(19)6-5-7-14(17)20)10-12-11-23-15-8-3-4-9-16(15)24-12/h3-9,12H,2,10-11H2,1H3/t12-/m0/s1. The van der Waals surface area contributed by atoms with Crippen molar-refractivity contribution in [2.75, 3.05) is 19.7 Å². The molecule has 0 bridgehead atoms. The topological polar surface area (TPSA) is 38.8 Å². The van der Waals surface area contributed by atoms with Gasteiger partial charge in [-0.05, 0) is 31.2 Å². The number of carbonyl (C=O) groups is 1. The lowest BCUT2D eigenvalue weighted by Crippen LogP contribution is -2.44. The minimum atomic E-state index is -0.871. The fourth-order valence-corrected chi connectivity index (χ4v) is 2.61. The number of likely N-dealkylation sites (N-methyl/N-ethyl adjacent to an activating group) is 1. The number of rotatable bonds is 4. The molecule has 0 saturated heterocycles. The number of amides is 1. The molecule has 0 N–H and O–H groups in total. The monoisotopic (exact) mass is 333 g/mol. The largest absolute Gasteiger partial charge is 0.486 e. The fraction of sp³-hybridized carbons (Fsp3) is 0.278. The molecule has 1 aliphatic rings. The van der Waals surface area contributed by atoms with Gasteiger partial charge >= 0.3 is 0 Å². The second-order valence-corrected chi connectivity index (χ2v) is 5.44. The lowest BCUT2D eigenvalue weighted by Gasteiger charge is -2.31. The Bertz CT molecular complexity index is 731. The van der Waals surface area contributed by atoms with Gasteiger partial charge in [0.2, 0.25) is 0 Å².